The van der Waals surface area contributed by atoms with E-state index in [-0.39, 0.29) is 5.43 Å². The van der Waals surface area contributed by atoms with Crippen molar-refractivity contribution in [2.45, 2.75) is 18.9 Å². The number of aromatic amines is 1. The van der Waals surface area contributed by atoms with Crippen LogP contribution in [0.2, 0.25) is 0 Å². The van der Waals surface area contributed by atoms with Crippen LogP contribution < -0.4 is 5.43 Å². The lowest BCUT2D eigenvalue weighted by Crippen LogP contribution is -2.04. The van der Waals surface area contributed by atoms with Crippen molar-refractivity contribution in [2.24, 2.45) is 0 Å². The van der Waals surface area contributed by atoms with Gasteiger partial charge in [0.1, 0.15) is 10.3 Å². The van der Waals surface area contributed by atoms with Crippen LogP contribution in [0.15, 0.2) is 20.4 Å². The smallest absolute Gasteiger partial charge is 0.209 e. The number of nitrogens with zero attached hydrogens (tertiary/aromatic N) is 1. The molecule has 0 radical (unpaired) electrons. The Bertz CT molecular complexity index is 851. The van der Waals surface area contributed by atoms with Crippen molar-refractivity contribution in [1.82, 2.24) is 9.97 Å². The summed E-state index contributed by atoms with van der Waals surface area (Å²) in [4.78, 5) is 21.6. The number of nitrogens with one attached hydrogen (secondary N) is 1. The molecular weight excluding hydrogens is 332 g/mol. The molecule has 0 aliphatic carbocycles. The van der Waals surface area contributed by atoms with Crippen molar-refractivity contribution in [2.75, 3.05) is 0 Å². The summed E-state index contributed by atoms with van der Waals surface area (Å²) in [6, 6.07) is 1.45. The Morgan fingerprint density at radius 1 is 1.44 bits per heavy atom. The Morgan fingerprint density at radius 3 is 2.89 bits per heavy atom. The number of pyridine rings is 2. The SMILES string of the molecule is Cc1sc2nc3c(=O)cc(S)[nH]c3c(Br)c2c1C. The van der Waals surface area contributed by atoms with Gasteiger partial charge in [0.05, 0.1) is 15.0 Å². The standard InChI is InChI=1S/C12H9BrN2OS2/c1-4-5(2)18-12-8(4)9(13)11-10(15-12)6(16)3-7(17)14-11/h3H,1-2H3,(H2,14,16,17). The molecule has 6 heteroatoms. The maximum absolute atomic E-state index is 11.9. The molecular formula is C12H9BrN2OS2. The van der Waals surface area contributed by atoms with Crippen LogP contribution in [0.4, 0.5) is 0 Å². The molecule has 3 rings (SSSR count). The van der Waals surface area contributed by atoms with E-state index >= 15 is 0 Å². The van der Waals surface area contributed by atoms with Crippen LogP contribution in [0.5, 0.6) is 0 Å². The lowest BCUT2D eigenvalue weighted by Gasteiger charge is -2.03. The molecule has 0 spiro atoms. The van der Waals surface area contributed by atoms with Gasteiger partial charge in [-0.05, 0) is 35.3 Å². The van der Waals surface area contributed by atoms with Gasteiger partial charge < -0.3 is 4.98 Å². The van der Waals surface area contributed by atoms with Crippen LogP contribution in [0, 0.1) is 13.8 Å². The number of halogens is 1. The van der Waals surface area contributed by atoms with Gasteiger partial charge in [0.2, 0.25) is 5.43 Å². The summed E-state index contributed by atoms with van der Waals surface area (Å²) in [6.07, 6.45) is 0. The number of aryl methyl sites for hydroxylation is 2. The van der Waals surface area contributed by atoms with Crippen molar-refractivity contribution >= 4 is 61.1 Å². The Labute approximate surface area is 121 Å². The van der Waals surface area contributed by atoms with Crippen molar-refractivity contribution in [3.63, 3.8) is 0 Å². The predicted molar refractivity (Wildman–Crippen MR) is 82.2 cm³/mol. The maximum atomic E-state index is 11.9. The van der Waals surface area contributed by atoms with Crippen LogP contribution in [0.3, 0.4) is 0 Å². The Morgan fingerprint density at radius 2 is 2.17 bits per heavy atom. The second-order valence-electron chi connectivity index (χ2n) is 4.13. The van der Waals surface area contributed by atoms with E-state index in [1.165, 1.54) is 16.5 Å². The largest absolute Gasteiger partial charge is 0.347 e. The molecule has 0 atom stereocenters. The molecule has 0 fully saturated rings. The second kappa shape index (κ2) is 4.08. The quantitative estimate of drug-likeness (QED) is 0.611. The number of H-pyrrole nitrogens is 1. The molecule has 0 saturated carbocycles. The first-order chi connectivity index (χ1) is 8.49. The molecule has 0 amide bonds. The third kappa shape index (κ3) is 1.63. The van der Waals surface area contributed by atoms with Crippen LogP contribution in [-0.4, -0.2) is 9.97 Å². The van der Waals surface area contributed by atoms with Crippen LogP contribution >= 0.6 is 39.9 Å². The van der Waals surface area contributed by atoms with Crippen molar-refractivity contribution in [3.05, 3.63) is 31.2 Å². The van der Waals surface area contributed by atoms with E-state index < -0.39 is 0 Å². The average molecular weight is 341 g/mol. The van der Waals surface area contributed by atoms with Gasteiger partial charge in [-0.3, -0.25) is 4.79 Å². The molecule has 3 aromatic heterocycles. The number of hydrogen-bond acceptors (Lipinski definition) is 4. The van der Waals surface area contributed by atoms with E-state index in [4.69, 9.17) is 0 Å². The number of thiol groups is 1. The van der Waals surface area contributed by atoms with E-state index in [9.17, 15) is 4.79 Å². The van der Waals surface area contributed by atoms with Gasteiger partial charge in [0.25, 0.3) is 0 Å². The fourth-order valence-corrected chi connectivity index (χ4v) is 4.15. The summed E-state index contributed by atoms with van der Waals surface area (Å²) in [5.41, 5.74) is 2.25. The molecule has 1 N–H and O–H groups in total. The minimum absolute atomic E-state index is 0.111. The minimum atomic E-state index is -0.111. The van der Waals surface area contributed by atoms with Gasteiger partial charge in [0.15, 0.2) is 0 Å². The van der Waals surface area contributed by atoms with E-state index in [1.807, 2.05) is 0 Å². The molecule has 0 saturated heterocycles. The zero-order valence-electron chi connectivity index (χ0n) is 9.67. The first kappa shape index (κ1) is 12.2. The van der Waals surface area contributed by atoms with E-state index in [2.05, 4.69) is 52.4 Å². The van der Waals surface area contributed by atoms with E-state index in [0.29, 0.717) is 16.1 Å². The first-order valence-corrected chi connectivity index (χ1v) is 7.36. The fourth-order valence-electron chi connectivity index (χ4n) is 1.98. The molecule has 0 aliphatic rings. The normalized spacial score (nSPS) is 11.6. The average Bonchev–Trinajstić information content (AvgIpc) is 2.57. The Balaban J connectivity index is 2.65. The number of aromatic nitrogens is 2. The lowest BCUT2D eigenvalue weighted by atomic mass is 10.2. The zero-order valence-corrected chi connectivity index (χ0v) is 13.0. The van der Waals surface area contributed by atoms with Gasteiger partial charge in [0, 0.05) is 16.3 Å². The minimum Gasteiger partial charge on any atom is -0.347 e. The number of thiophene rings is 1. The monoisotopic (exact) mass is 340 g/mol. The van der Waals surface area contributed by atoms with Gasteiger partial charge in [-0.15, -0.1) is 24.0 Å². The van der Waals surface area contributed by atoms with Crippen molar-refractivity contribution in [1.29, 1.82) is 0 Å². The molecule has 3 heterocycles. The zero-order chi connectivity index (χ0) is 13.0. The van der Waals surface area contributed by atoms with Crippen molar-refractivity contribution < 1.29 is 0 Å². The highest BCUT2D eigenvalue weighted by Crippen LogP contribution is 2.37. The maximum Gasteiger partial charge on any atom is 0.209 e. The predicted octanol–water partition coefficient (Wildman–Crippen LogP) is 3.81. The lowest BCUT2D eigenvalue weighted by molar-refractivity contribution is 1.17. The Hall–Kier alpha value is -0.850. The van der Waals surface area contributed by atoms with Gasteiger partial charge in [-0.25, -0.2) is 4.98 Å². The van der Waals surface area contributed by atoms with Crippen LogP contribution in [0.1, 0.15) is 10.4 Å². The van der Waals surface area contributed by atoms with E-state index in [1.54, 1.807) is 11.3 Å². The fraction of sp³-hybridized carbons (Fsp3) is 0.167. The molecule has 3 aromatic rings. The molecule has 0 bridgehead atoms. The summed E-state index contributed by atoms with van der Waals surface area (Å²) in [5.74, 6) is 0. The highest BCUT2D eigenvalue weighted by atomic mass is 79.9. The summed E-state index contributed by atoms with van der Waals surface area (Å²) in [6.45, 7) is 4.12. The summed E-state index contributed by atoms with van der Waals surface area (Å²) in [7, 11) is 0. The molecule has 92 valence electrons. The number of hydrogen-bond donors (Lipinski definition) is 2. The third-order valence-corrected chi connectivity index (χ3v) is 5.15. The molecule has 0 aliphatic heterocycles. The molecule has 18 heavy (non-hydrogen) atoms. The van der Waals surface area contributed by atoms with E-state index in [0.717, 1.165) is 14.7 Å². The Kier molecular flexibility index (Phi) is 2.76. The first-order valence-electron chi connectivity index (χ1n) is 5.30. The van der Waals surface area contributed by atoms with Crippen LogP contribution in [0.25, 0.3) is 21.3 Å². The highest BCUT2D eigenvalue weighted by Gasteiger charge is 2.15. The van der Waals surface area contributed by atoms with Crippen LogP contribution in [-0.2, 0) is 0 Å². The molecule has 3 nitrogen and oxygen atoms in total. The number of rotatable bonds is 0. The third-order valence-electron chi connectivity index (χ3n) is 3.01. The summed E-state index contributed by atoms with van der Waals surface area (Å²) in [5, 5.41) is 1.61. The number of fused-ring (bicyclic) bond motifs is 2. The van der Waals surface area contributed by atoms with Gasteiger partial charge in [-0.1, -0.05) is 0 Å². The molecule has 0 unspecified atom stereocenters. The summed E-state index contributed by atoms with van der Waals surface area (Å²) < 4.78 is 0.886. The molecule has 0 aromatic carbocycles. The van der Waals surface area contributed by atoms with Gasteiger partial charge in [-0.2, -0.15) is 0 Å². The van der Waals surface area contributed by atoms with Crippen molar-refractivity contribution in [3.8, 4) is 0 Å². The van der Waals surface area contributed by atoms with Gasteiger partial charge >= 0.3 is 0 Å². The highest BCUT2D eigenvalue weighted by molar-refractivity contribution is 9.10. The topological polar surface area (TPSA) is 45.8 Å². The second-order valence-corrected chi connectivity index (χ2v) is 6.61. The summed E-state index contributed by atoms with van der Waals surface area (Å²) >= 11 is 9.39.